The molecule has 1 aliphatic heterocycles. The summed E-state index contributed by atoms with van der Waals surface area (Å²) in [4.78, 5) is 8.07. The van der Waals surface area contributed by atoms with Gasteiger partial charge in [0.05, 0.1) is 17.6 Å². The average molecular weight is 291 g/mol. The third-order valence-corrected chi connectivity index (χ3v) is 4.67. The van der Waals surface area contributed by atoms with Crippen LogP contribution < -0.4 is 10.1 Å². The molecule has 0 bridgehead atoms. The number of thioether (sulfide) groups is 1. The molecule has 1 fully saturated rings. The number of nitrogens with zero attached hydrogens (tertiary/aromatic N) is 1. The normalized spacial score (nSPS) is 19.9. The molecule has 0 aliphatic carbocycles. The predicted molar refractivity (Wildman–Crippen MR) is 83.6 cm³/mol. The van der Waals surface area contributed by atoms with Gasteiger partial charge >= 0.3 is 0 Å². The van der Waals surface area contributed by atoms with E-state index in [0.29, 0.717) is 11.9 Å². The molecule has 0 saturated carbocycles. The summed E-state index contributed by atoms with van der Waals surface area (Å²) in [5.74, 6) is 0.899. The second-order valence-electron chi connectivity index (χ2n) is 5.09. The Labute approximate surface area is 123 Å². The smallest absolute Gasteiger partial charge is 0.166 e. The largest absolute Gasteiger partial charge is 0.494 e. The van der Waals surface area contributed by atoms with Crippen LogP contribution in [0, 0.1) is 0 Å². The molecular formula is C15H21N3OS. The van der Waals surface area contributed by atoms with Crippen molar-refractivity contribution in [2.75, 3.05) is 19.7 Å². The van der Waals surface area contributed by atoms with Crippen LogP contribution in [0.5, 0.6) is 5.75 Å². The number of aromatic nitrogens is 2. The van der Waals surface area contributed by atoms with Crippen LogP contribution in [0.25, 0.3) is 11.0 Å². The number of hydrogen-bond acceptors (Lipinski definition) is 4. The Morgan fingerprint density at radius 2 is 2.35 bits per heavy atom. The number of imidazole rings is 1. The first-order valence-electron chi connectivity index (χ1n) is 7.35. The molecule has 1 aliphatic rings. The van der Waals surface area contributed by atoms with E-state index in [4.69, 9.17) is 4.74 Å². The van der Waals surface area contributed by atoms with E-state index in [2.05, 4.69) is 15.3 Å². The lowest BCUT2D eigenvalue weighted by atomic mass is 10.2. The van der Waals surface area contributed by atoms with Crippen LogP contribution in [-0.2, 0) is 0 Å². The minimum Gasteiger partial charge on any atom is -0.494 e. The lowest BCUT2D eigenvalue weighted by Gasteiger charge is -2.11. The number of hydrogen-bond donors (Lipinski definition) is 2. The van der Waals surface area contributed by atoms with Crippen LogP contribution in [0.3, 0.4) is 0 Å². The molecule has 2 aromatic rings. The van der Waals surface area contributed by atoms with Gasteiger partial charge in [0, 0.05) is 17.9 Å². The van der Waals surface area contributed by atoms with Gasteiger partial charge in [0.1, 0.15) is 5.75 Å². The molecule has 1 atom stereocenters. The maximum atomic E-state index is 5.53. The summed E-state index contributed by atoms with van der Waals surface area (Å²) in [6.45, 7) is 4.91. The molecule has 0 spiro atoms. The molecule has 0 radical (unpaired) electrons. The van der Waals surface area contributed by atoms with Crippen molar-refractivity contribution in [3.8, 4) is 5.75 Å². The number of ether oxygens (including phenoxy) is 1. The van der Waals surface area contributed by atoms with Crippen molar-refractivity contribution in [2.45, 2.75) is 36.6 Å². The fraction of sp³-hybridized carbons (Fsp3) is 0.533. The topological polar surface area (TPSA) is 49.9 Å². The van der Waals surface area contributed by atoms with Crippen LogP contribution in [0.1, 0.15) is 26.2 Å². The van der Waals surface area contributed by atoms with Gasteiger partial charge in [-0.15, -0.1) is 0 Å². The quantitative estimate of drug-likeness (QED) is 0.908. The fourth-order valence-electron chi connectivity index (χ4n) is 2.52. The summed E-state index contributed by atoms with van der Waals surface area (Å²) < 4.78 is 5.53. The van der Waals surface area contributed by atoms with E-state index in [9.17, 15) is 0 Å². The van der Waals surface area contributed by atoms with E-state index < -0.39 is 0 Å². The Bertz CT molecular complexity index is 561. The zero-order valence-corrected chi connectivity index (χ0v) is 12.6. The van der Waals surface area contributed by atoms with Gasteiger partial charge in [-0.05, 0) is 38.4 Å². The summed E-state index contributed by atoms with van der Waals surface area (Å²) >= 11 is 1.85. The zero-order chi connectivity index (χ0) is 13.8. The van der Waals surface area contributed by atoms with Crippen molar-refractivity contribution in [1.29, 1.82) is 0 Å². The average Bonchev–Trinajstić information content (AvgIpc) is 2.65. The molecule has 4 nitrogen and oxygen atoms in total. The van der Waals surface area contributed by atoms with E-state index in [0.717, 1.165) is 35.0 Å². The highest BCUT2D eigenvalue weighted by molar-refractivity contribution is 7.99. The van der Waals surface area contributed by atoms with E-state index in [-0.39, 0.29) is 0 Å². The fourth-order valence-corrected chi connectivity index (χ4v) is 3.64. The Morgan fingerprint density at radius 3 is 3.25 bits per heavy atom. The molecule has 1 aromatic heterocycles. The highest BCUT2D eigenvalue weighted by Crippen LogP contribution is 2.28. The molecule has 0 amide bonds. The molecule has 5 heteroatoms. The first-order valence-corrected chi connectivity index (χ1v) is 8.23. The van der Waals surface area contributed by atoms with E-state index in [1.54, 1.807) is 0 Å². The van der Waals surface area contributed by atoms with Crippen molar-refractivity contribution in [1.82, 2.24) is 15.3 Å². The number of benzene rings is 1. The number of H-pyrrole nitrogens is 1. The zero-order valence-electron chi connectivity index (χ0n) is 11.8. The molecule has 1 saturated heterocycles. The van der Waals surface area contributed by atoms with Crippen molar-refractivity contribution >= 4 is 22.8 Å². The lowest BCUT2D eigenvalue weighted by molar-refractivity contribution is 0.340. The third kappa shape index (κ3) is 3.27. The van der Waals surface area contributed by atoms with Gasteiger partial charge in [-0.1, -0.05) is 18.2 Å². The van der Waals surface area contributed by atoms with Crippen molar-refractivity contribution in [3.05, 3.63) is 18.2 Å². The maximum absolute atomic E-state index is 5.53. The van der Waals surface area contributed by atoms with Gasteiger partial charge in [0.15, 0.2) is 5.16 Å². The number of fused-ring (bicyclic) bond motifs is 1. The predicted octanol–water partition coefficient (Wildman–Crippen LogP) is 3.20. The Balaban J connectivity index is 1.74. The summed E-state index contributed by atoms with van der Waals surface area (Å²) in [5.41, 5.74) is 2.07. The highest BCUT2D eigenvalue weighted by atomic mass is 32.2. The van der Waals surface area contributed by atoms with Crippen LogP contribution in [0.15, 0.2) is 23.4 Å². The number of rotatable bonds is 4. The minimum atomic E-state index is 0.615. The first kappa shape index (κ1) is 13.8. The highest BCUT2D eigenvalue weighted by Gasteiger charge is 2.15. The molecular weight excluding hydrogens is 270 g/mol. The van der Waals surface area contributed by atoms with Gasteiger partial charge in [-0.3, -0.25) is 0 Å². The van der Waals surface area contributed by atoms with Crippen LogP contribution in [0.2, 0.25) is 0 Å². The minimum absolute atomic E-state index is 0.615. The van der Waals surface area contributed by atoms with Crippen LogP contribution >= 0.6 is 11.8 Å². The second kappa shape index (κ2) is 6.50. The van der Waals surface area contributed by atoms with Gasteiger partial charge in [0.25, 0.3) is 0 Å². The van der Waals surface area contributed by atoms with E-state index >= 15 is 0 Å². The number of aromatic amines is 1. The van der Waals surface area contributed by atoms with Crippen molar-refractivity contribution < 1.29 is 4.74 Å². The third-order valence-electron chi connectivity index (χ3n) is 3.52. The van der Waals surface area contributed by atoms with Gasteiger partial charge in [-0.2, -0.15) is 0 Å². The monoisotopic (exact) mass is 291 g/mol. The van der Waals surface area contributed by atoms with E-state index in [1.165, 1.54) is 19.3 Å². The van der Waals surface area contributed by atoms with E-state index in [1.807, 2.05) is 36.9 Å². The Hall–Kier alpha value is -1.20. The Morgan fingerprint density at radius 1 is 1.40 bits per heavy atom. The summed E-state index contributed by atoms with van der Waals surface area (Å²) in [7, 11) is 0. The summed E-state index contributed by atoms with van der Waals surface area (Å²) in [6, 6.07) is 6.03. The van der Waals surface area contributed by atoms with Crippen molar-refractivity contribution in [3.63, 3.8) is 0 Å². The second-order valence-corrected chi connectivity index (χ2v) is 6.38. The van der Waals surface area contributed by atoms with Crippen LogP contribution in [0.4, 0.5) is 0 Å². The lowest BCUT2D eigenvalue weighted by Crippen LogP contribution is -2.22. The molecule has 2 N–H and O–H groups in total. The Kier molecular flexibility index (Phi) is 4.47. The van der Waals surface area contributed by atoms with Gasteiger partial charge in [-0.25, -0.2) is 4.98 Å². The molecule has 2 heterocycles. The van der Waals surface area contributed by atoms with Crippen LogP contribution in [-0.4, -0.2) is 34.9 Å². The van der Waals surface area contributed by atoms with Crippen molar-refractivity contribution in [2.24, 2.45) is 0 Å². The summed E-state index contributed by atoms with van der Waals surface area (Å²) in [5, 5.41) is 5.13. The maximum Gasteiger partial charge on any atom is 0.166 e. The standard InChI is InChI=1S/C15H21N3OS/c1-2-19-11-6-7-13-14(9-11)18-15(17-13)20-12-5-3-4-8-16-10-12/h6-7,9,12,16H,2-5,8,10H2,1H3,(H,17,18). The molecule has 1 aromatic carbocycles. The summed E-state index contributed by atoms with van der Waals surface area (Å²) in [6.07, 6.45) is 3.85. The SMILES string of the molecule is CCOc1ccc2nc(SC3CCCCNC3)[nH]c2c1. The molecule has 20 heavy (non-hydrogen) atoms. The molecule has 108 valence electrons. The number of nitrogens with one attached hydrogen (secondary N) is 2. The first-order chi connectivity index (χ1) is 9.85. The molecule has 3 rings (SSSR count). The van der Waals surface area contributed by atoms with Gasteiger partial charge < -0.3 is 15.0 Å². The molecule has 1 unspecified atom stereocenters. The van der Waals surface area contributed by atoms with Gasteiger partial charge in [0.2, 0.25) is 0 Å².